The van der Waals surface area contributed by atoms with Crippen molar-refractivity contribution < 1.29 is 14.4 Å². The van der Waals surface area contributed by atoms with Gasteiger partial charge in [0.05, 0.1) is 5.01 Å². The van der Waals surface area contributed by atoms with Crippen LogP contribution in [0.2, 0.25) is 0 Å². The van der Waals surface area contributed by atoms with Crippen molar-refractivity contribution in [2.45, 2.75) is 113 Å². The highest BCUT2D eigenvalue weighted by Crippen LogP contribution is 2.21. The summed E-state index contributed by atoms with van der Waals surface area (Å²) in [5.41, 5.74) is 1.53. The molecule has 0 fully saturated rings. The third-order valence-corrected chi connectivity index (χ3v) is 7.58. The standard InChI is InChI=1S/C29H43N3O3S.2C2H6/c1-19(2)15-28(34)32(7)26(20(3)4)13-14-27-31-25(18-36-27)29(35)30-24(16-21(5)22(6)33)17-23-11-9-8-10-12-23;2*1-2/h8-12,18-21,24,26H,13-17H2,1-7H3,(H,30,35);2*1-2H3. The van der Waals surface area contributed by atoms with Crippen molar-refractivity contribution >= 4 is 28.9 Å². The van der Waals surface area contributed by atoms with Crippen molar-refractivity contribution in [1.29, 1.82) is 0 Å². The molecule has 1 aromatic carbocycles. The number of ketones is 1. The minimum absolute atomic E-state index is 0.120. The first-order valence-corrected chi connectivity index (χ1v) is 15.9. The average molecular weight is 574 g/mol. The Morgan fingerprint density at radius 3 is 2.10 bits per heavy atom. The molecule has 2 amide bonds. The number of benzene rings is 1. The van der Waals surface area contributed by atoms with Crippen LogP contribution in [0.3, 0.4) is 0 Å². The second-order valence-electron chi connectivity index (χ2n) is 10.7. The van der Waals surface area contributed by atoms with Crippen LogP contribution in [0.1, 0.15) is 110 Å². The third kappa shape index (κ3) is 13.7. The third-order valence-electron chi connectivity index (χ3n) is 6.67. The summed E-state index contributed by atoms with van der Waals surface area (Å²) in [6, 6.07) is 9.96. The molecule has 1 N–H and O–H groups in total. The first-order valence-electron chi connectivity index (χ1n) is 15.0. The smallest absolute Gasteiger partial charge is 0.270 e. The van der Waals surface area contributed by atoms with Crippen molar-refractivity contribution in [3.05, 3.63) is 52.0 Å². The summed E-state index contributed by atoms with van der Waals surface area (Å²) in [6.07, 6.45) is 3.32. The topological polar surface area (TPSA) is 79.4 Å². The van der Waals surface area contributed by atoms with E-state index in [1.165, 1.54) is 11.3 Å². The van der Waals surface area contributed by atoms with Crippen LogP contribution >= 0.6 is 11.3 Å². The highest BCUT2D eigenvalue weighted by molar-refractivity contribution is 7.09. The molecule has 0 bridgehead atoms. The van der Waals surface area contributed by atoms with Crippen molar-refractivity contribution in [3.8, 4) is 0 Å². The summed E-state index contributed by atoms with van der Waals surface area (Å²) in [5, 5.41) is 5.81. The lowest BCUT2D eigenvalue weighted by atomic mass is 9.94. The summed E-state index contributed by atoms with van der Waals surface area (Å²) < 4.78 is 0. The predicted molar refractivity (Wildman–Crippen MR) is 170 cm³/mol. The van der Waals surface area contributed by atoms with E-state index in [0.717, 1.165) is 23.4 Å². The highest BCUT2D eigenvalue weighted by atomic mass is 32.1. The second-order valence-corrected chi connectivity index (χ2v) is 11.6. The fraction of sp³-hybridized carbons (Fsp3) is 0.636. The van der Waals surface area contributed by atoms with Crippen molar-refractivity contribution in [2.75, 3.05) is 7.05 Å². The molecule has 0 spiro atoms. The molecular weight excluding hydrogens is 518 g/mol. The summed E-state index contributed by atoms with van der Waals surface area (Å²) >= 11 is 1.48. The Hall–Kier alpha value is -2.54. The number of thiazole rings is 1. The average Bonchev–Trinajstić information content (AvgIpc) is 3.40. The van der Waals surface area contributed by atoms with E-state index in [0.29, 0.717) is 36.8 Å². The largest absolute Gasteiger partial charge is 0.348 e. The van der Waals surface area contributed by atoms with Crippen LogP contribution in [0, 0.1) is 17.8 Å². The first kappa shape index (κ1) is 37.5. The van der Waals surface area contributed by atoms with Crippen LogP contribution in [0.4, 0.5) is 0 Å². The number of nitrogens with one attached hydrogen (secondary N) is 1. The number of carbonyl (C=O) groups is 3. The van der Waals surface area contributed by atoms with E-state index in [1.807, 2.05) is 76.9 Å². The highest BCUT2D eigenvalue weighted by Gasteiger charge is 2.25. The number of aryl methyl sites for hydroxylation is 1. The lowest BCUT2D eigenvalue weighted by molar-refractivity contribution is -0.133. The molecule has 226 valence electrons. The van der Waals surface area contributed by atoms with Gasteiger partial charge in [-0.1, -0.05) is 92.6 Å². The van der Waals surface area contributed by atoms with Crippen LogP contribution in [-0.2, 0) is 22.4 Å². The van der Waals surface area contributed by atoms with Gasteiger partial charge in [0.1, 0.15) is 11.5 Å². The molecule has 0 saturated heterocycles. The minimum Gasteiger partial charge on any atom is -0.348 e. The molecule has 3 atom stereocenters. The molecule has 0 radical (unpaired) electrons. The van der Waals surface area contributed by atoms with E-state index < -0.39 is 0 Å². The Kier molecular flexibility index (Phi) is 19.1. The van der Waals surface area contributed by atoms with Crippen LogP contribution in [0.15, 0.2) is 35.7 Å². The zero-order chi connectivity index (χ0) is 30.8. The molecule has 6 nitrogen and oxygen atoms in total. The Morgan fingerprint density at radius 2 is 1.57 bits per heavy atom. The van der Waals surface area contributed by atoms with E-state index in [-0.39, 0.29) is 35.6 Å². The number of aromatic nitrogens is 1. The summed E-state index contributed by atoms with van der Waals surface area (Å²) in [5.74, 6) is 0.613. The van der Waals surface area contributed by atoms with Gasteiger partial charge in [0.25, 0.3) is 5.91 Å². The maximum Gasteiger partial charge on any atom is 0.270 e. The molecule has 2 aromatic rings. The Balaban J connectivity index is 0.00000363. The molecule has 7 heteroatoms. The van der Waals surface area contributed by atoms with E-state index >= 15 is 0 Å². The van der Waals surface area contributed by atoms with Crippen molar-refractivity contribution in [1.82, 2.24) is 15.2 Å². The van der Waals surface area contributed by atoms with Gasteiger partial charge in [-0.15, -0.1) is 11.3 Å². The summed E-state index contributed by atoms with van der Waals surface area (Å²) in [6.45, 7) is 19.9. The summed E-state index contributed by atoms with van der Waals surface area (Å²) in [4.78, 5) is 44.0. The lowest BCUT2D eigenvalue weighted by Gasteiger charge is -2.32. The van der Waals surface area contributed by atoms with E-state index in [4.69, 9.17) is 0 Å². The molecule has 40 heavy (non-hydrogen) atoms. The van der Waals surface area contributed by atoms with Gasteiger partial charge < -0.3 is 10.2 Å². The Bertz CT molecular complexity index is 988. The maximum absolute atomic E-state index is 13.1. The van der Waals surface area contributed by atoms with Crippen LogP contribution < -0.4 is 5.32 Å². The molecule has 2 rings (SSSR count). The fourth-order valence-corrected chi connectivity index (χ4v) is 5.19. The monoisotopic (exact) mass is 573 g/mol. The lowest BCUT2D eigenvalue weighted by Crippen LogP contribution is -2.41. The SMILES string of the molecule is CC.CC.CC(=O)C(C)CC(Cc1ccccc1)NC(=O)c1csc(CCC(C(C)C)N(C)C(=O)CC(C)C)n1. The number of nitrogens with zero attached hydrogens (tertiary/aromatic N) is 2. The number of hydrogen-bond acceptors (Lipinski definition) is 5. The van der Waals surface area contributed by atoms with Gasteiger partial charge in [-0.3, -0.25) is 14.4 Å². The van der Waals surface area contributed by atoms with Crippen LogP contribution in [0.25, 0.3) is 0 Å². The summed E-state index contributed by atoms with van der Waals surface area (Å²) in [7, 11) is 1.89. The number of Topliss-reactive ketones (excluding diaryl/α,β-unsaturated/α-hetero) is 1. The quantitative estimate of drug-likeness (QED) is 0.252. The van der Waals surface area contributed by atoms with Gasteiger partial charge in [-0.05, 0) is 43.6 Å². The molecular formula is C33H55N3O3S. The first-order chi connectivity index (χ1) is 19.0. The van der Waals surface area contributed by atoms with E-state index in [2.05, 4.69) is 38.0 Å². The van der Waals surface area contributed by atoms with Gasteiger partial charge in [-0.25, -0.2) is 4.98 Å². The number of carbonyl (C=O) groups excluding carboxylic acids is 3. The molecule has 0 aliphatic rings. The number of rotatable bonds is 14. The molecule has 0 aliphatic carbocycles. The molecule has 3 unspecified atom stereocenters. The van der Waals surface area contributed by atoms with Gasteiger partial charge >= 0.3 is 0 Å². The van der Waals surface area contributed by atoms with Crippen molar-refractivity contribution in [2.24, 2.45) is 17.8 Å². The van der Waals surface area contributed by atoms with Crippen LogP contribution in [0.5, 0.6) is 0 Å². The zero-order valence-electron chi connectivity index (χ0n) is 26.9. The van der Waals surface area contributed by atoms with Gasteiger partial charge in [0, 0.05) is 43.3 Å². The van der Waals surface area contributed by atoms with E-state index in [1.54, 1.807) is 12.3 Å². The molecule has 1 aromatic heterocycles. The molecule has 0 saturated carbocycles. The maximum atomic E-state index is 13.1. The van der Waals surface area contributed by atoms with Gasteiger partial charge in [0.2, 0.25) is 5.91 Å². The van der Waals surface area contributed by atoms with Gasteiger partial charge in [-0.2, -0.15) is 0 Å². The fourth-order valence-electron chi connectivity index (χ4n) is 4.40. The second kappa shape index (κ2) is 20.4. The minimum atomic E-state index is -0.209. The molecule has 1 heterocycles. The zero-order valence-corrected chi connectivity index (χ0v) is 27.7. The number of hydrogen-bond donors (Lipinski definition) is 1. The number of amides is 2. The van der Waals surface area contributed by atoms with Crippen molar-refractivity contribution in [3.63, 3.8) is 0 Å². The predicted octanol–water partition coefficient (Wildman–Crippen LogP) is 7.61. The van der Waals surface area contributed by atoms with Crippen LogP contribution in [-0.4, -0.2) is 46.6 Å². The Labute approximate surface area is 248 Å². The normalized spacial score (nSPS) is 12.8. The van der Waals surface area contributed by atoms with E-state index in [9.17, 15) is 14.4 Å². The molecule has 0 aliphatic heterocycles. The Morgan fingerprint density at radius 1 is 0.975 bits per heavy atom. The van der Waals surface area contributed by atoms with Gasteiger partial charge in [0.15, 0.2) is 0 Å².